The molecule has 3 heterocycles. The van der Waals surface area contributed by atoms with E-state index in [1.165, 1.54) is 11.3 Å². The highest BCUT2D eigenvalue weighted by atomic mass is 35.5. The molecule has 0 bridgehead atoms. The van der Waals surface area contributed by atoms with Gasteiger partial charge in [0, 0.05) is 22.0 Å². The van der Waals surface area contributed by atoms with Crippen molar-refractivity contribution in [1.82, 2.24) is 4.90 Å². The lowest BCUT2D eigenvalue weighted by atomic mass is 9.97. The number of nitrogens with zero attached hydrogens (tertiary/aromatic N) is 1. The second kappa shape index (κ2) is 8.93. The molecule has 2 aliphatic rings. The summed E-state index contributed by atoms with van der Waals surface area (Å²) in [6.07, 6.45) is 1.91. The zero-order valence-electron chi connectivity index (χ0n) is 15.9. The van der Waals surface area contributed by atoms with E-state index in [2.05, 4.69) is 5.32 Å². The first-order chi connectivity index (χ1) is 14.0. The minimum Gasteiger partial charge on any atom is -0.392 e. The standard InChI is InChI=1S/C21H23ClN2O4S/c22-14-5-3-13(4-6-14)20(27)19-16-7-9-28-12-17(16)29-21(19)23-18(26)11-24-8-1-2-15(25)10-24/h3-6,15,25H,1-2,7-12H2,(H,23,26). The van der Waals surface area contributed by atoms with E-state index in [9.17, 15) is 14.7 Å². The third-order valence-electron chi connectivity index (χ3n) is 5.25. The van der Waals surface area contributed by atoms with Crippen molar-refractivity contribution >= 4 is 39.6 Å². The average Bonchev–Trinajstić information content (AvgIpc) is 3.05. The number of ketones is 1. The fourth-order valence-electron chi connectivity index (χ4n) is 3.85. The summed E-state index contributed by atoms with van der Waals surface area (Å²) in [4.78, 5) is 28.9. The second-order valence-corrected chi connectivity index (χ2v) is 8.97. The molecule has 1 fully saturated rings. The van der Waals surface area contributed by atoms with Gasteiger partial charge < -0.3 is 15.2 Å². The number of ether oxygens (including phenoxy) is 1. The summed E-state index contributed by atoms with van der Waals surface area (Å²) in [7, 11) is 0. The minimum absolute atomic E-state index is 0.121. The number of thiophene rings is 1. The number of halogens is 1. The van der Waals surface area contributed by atoms with E-state index in [-0.39, 0.29) is 24.3 Å². The Bertz CT molecular complexity index is 912. The molecule has 2 aliphatic heterocycles. The first kappa shape index (κ1) is 20.5. The topological polar surface area (TPSA) is 78.9 Å². The fraction of sp³-hybridized carbons (Fsp3) is 0.429. The maximum absolute atomic E-state index is 13.3. The number of likely N-dealkylation sites (tertiary alicyclic amines) is 1. The molecule has 154 valence electrons. The first-order valence-electron chi connectivity index (χ1n) is 9.74. The van der Waals surface area contributed by atoms with Crippen LogP contribution in [0.1, 0.15) is 39.2 Å². The first-order valence-corrected chi connectivity index (χ1v) is 10.9. The molecule has 2 N–H and O–H groups in total. The molecule has 4 rings (SSSR count). The van der Waals surface area contributed by atoms with Gasteiger partial charge in [0.2, 0.25) is 5.91 Å². The van der Waals surface area contributed by atoms with Crippen LogP contribution in [-0.2, 0) is 22.6 Å². The molecule has 8 heteroatoms. The monoisotopic (exact) mass is 434 g/mol. The molecule has 1 unspecified atom stereocenters. The SMILES string of the molecule is O=C(CN1CCCC(O)C1)Nc1sc2c(c1C(=O)c1ccc(Cl)cc1)CCOC2. The van der Waals surface area contributed by atoms with Crippen LogP contribution >= 0.6 is 22.9 Å². The number of β-amino-alcohol motifs (C(OH)–C–C–N with tert-alkyl or cyclic N) is 1. The molecule has 0 aliphatic carbocycles. The highest BCUT2D eigenvalue weighted by molar-refractivity contribution is 7.17. The molecule has 2 aromatic rings. The minimum atomic E-state index is -0.384. The van der Waals surface area contributed by atoms with Crippen molar-refractivity contribution in [2.45, 2.75) is 32.0 Å². The molecular weight excluding hydrogens is 412 g/mol. The van der Waals surface area contributed by atoms with Crippen molar-refractivity contribution in [1.29, 1.82) is 0 Å². The highest BCUT2D eigenvalue weighted by Crippen LogP contribution is 2.38. The van der Waals surface area contributed by atoms with Crippen LogP contribution < -0.4 is 5.32 Å². The molecule has 0 saturated carbocycles. The summed E-state index contributed by atoms with van der Waals surface area (Å²) in [5.74, 6) is -0.298. The van der Waals surface area contributed by atoms with Crippen LogP contribution in [0.25, 0.3) is 0 Å². The normalized spacial score (nSPS) is 19.6. The summed E-state index contributed by atoms with van der Waals surface area (Å²) >= 11 is 7.36. The average molecular weight is 435 g/mol. The molecule has 0 radical (unpaired) electrons. The highest BCUT2D eigenvalue weighted by Gasteiger charge is 2.28. The van der Waals surface area contributed by atoms with Crippen LogP contribution in [0.2, 0.25) is 5.02 Å². The van der Waals surface area contributed by atoms with Crippen molar-refractivity contribution in [2.75, 3.05) is 31.6 Å². The quantitative estimate of drug-likeness (QED) is 0.707. The second-order valence-electron chi connectivity index (χ2n) is 7.43. The molecule has 1 atom stereocenters. The van der Waals surface area contributed by atoms with E-state index in [4.69, 9.17) is 16.3 Å². The molecule has 6 nitrogen and oxygen atoms in total. The van der Waals surface area contributed by atoms with Crippen molar-refractivity contribution in [3.05, 3.63) is 50.9 Å². The zero-order chi connectivity index (χ0) is 20.4. The van der Waals surface area contributed by atoms with Crippen LogP contribution in [0.5, 0.6) is 0 Å². The van der Waals surface area contributed by atoms with E-state index in [0.717, 1.165) is 29.8 Å². The molecule has 1 amide bonds. The number of benzene rings is 1. The molecule has 29 heavy (non-hydrogen) atoms. The van der Waals surface area contributed by atoms with Crippen LogP contribution in [0.4, 0.5) is 5.00 Å². The number of hydrogen-bond donors (Lipinski definition) is 2. The van der Waals surface area contributed by atoms with Crippen molar-refractivity contribution in [3.8, 4) is 0 Å². The number of carbonyl (C=O) groups excluding carboxylic acids is 2. The molecule has 1 saturated heterocycles. The lowest BCUT2D eigenvalue weighted by molar-refractivity contribution is -0.117. The van der Waals surface area contributed by atoms with Gasteiger partial charge in [0.25, 0.3) is 0 Å². The van der Waals surface area contributed by atoms with Crippen molar-refractivity contribution in [3.63, 3.8) is 0 Å². The van der Waals surface area contributed by atoms with E-state index < -0.39 is 0 Å². The van der Waals surface area contributed by atoms with Gasteiger partial charge in [-0.2, -0.15) is 0 Å². The smallest absolute Gasteiger partial charge is 0.239 e. The number of anilines is 1. The zero-order valence-corrected chi connectivity index (χ0v) is 17.5. The number of piperidine rings is 1. The van der Waals surface area contributed by atoms with Gasteiger partial charge in [0.05, 0.1) is 31.4 Å². The van der Waals surface area contributed by atoms with Gasteiger partial charge in [0.1, 0.15) is 5.00 Å². The van der Waals surface area contributed by atoms with E-state index in [1.54, 1.807) is 24.3 Å². The Balaban J connectivity index is 1.57. The number of carbonyl (C=O) groups is 2. The number of amides is 1. The van der Waals surface area contributed by atoms with E-state index >= 15 is 0 Å². The van der Waals surface area contributed by atoms with Crippen LogP contribution in [-0.4, -0.2) is 54.0 Å². The number of aliphatic hydroxyl groups excluding tert-OH is 1. The van der Waals surface area contributed by atoms with Gasteiger partial charge in [-0.05, 0) is 55.6 Å². The number of fused-ring (bicyclic) bond motifs is 1. The molecule has 0 spiro atoms. The van der Waals surface area contributed by atoms with E-state index in [0.29, 0.717) is 47.3 Å². The Hall–Kier alpha value is -1.77. The largest absolute Gasteiger partial charge is 0.392 e. The number of aliphatic hydroxyl groups is 1. The molecule has 1 aromatic carbocycles. The number of nitrogens with one attached hydrogen (secondary N) is 1. The summed E-state index contributed by atoms with van der Waals surface area (Å²) < 4.78 is 5.54. The maximum atomic E-state index is 13.3. The number of rotatable bonds is 5. The molecular formula is C21H23ClN2O4S. The van der Waals surface area contributed by atoms with Gasteiger partial charge in [-0.15, -0.1) is 11.3 Å². The third kappa shape index (κ3) is 4.70. The predicted molar refractivity (Wildman–Crippen MR) is 113 cm³/mol. The van der Waals surface area contributed by atoms with Gasteiger partial charge in [-0.25, -0.2) is 0 Å². The summed E-state index contributed by atoms with van der Waals surface area (Å²) in [5.41, 5.74) is 2.06. The van der Waals surface area contributed by atoms with Crippen LogP contribution in [0, 0.1) is 0 Å². The lowest BCUT2D eigenvalue weighted by Gasteiger charge is -2.29. The summed E-state index contributed by atoms with van der Waals surface area (Å²) in [5, 5.41) is 13.9. The fourth-order valence-corrected chi connectivity index (χ4v) is 5.17. The molecule has 1 aromatic heterocycles. The Kier molecular flexibility index (Phi) is 6.32. The van der Waals surface area contributed by atoms with Crippen molar-refractivity contribution in [2.24, 2.45) is 0 Å². The van der Waals surface area contributed by atoms with Gasteiger partial charge >= 0.3 is 0 Å². The Morgan fingerprint density at radius 1 is 1.31 bits per heavy atom. The van der Waals surface area contributed by atoms with Crippen LogP contribution in [0.15, 0.2) is 24.3 Å². The van der Waals surface area contributed by atoms with Gasteiger partial charge in [0.15, 0.2) is 5.78 Å². The summed E-state index contributed by atoms with van der Waals surface area (Å²) in [6.45, 7) is 2.50. The summed E-state index contributed by atoms with van der Waals surface area (Å²) in [6, 6.07) is 6.79. The Morgan fingerprint density at radius 3 is 2.86 bits per heavy atom. The lowest BCUT2D eigenvalue weighted by Crippen LogP contribution is -2.42. The van der Waals surface area contributed by atoms with Crippen LogP contribution in [0.3, 0.4) is 0 Å². The Labute approximate surface area is 178 Å². The van der Waals surface area contributed by atoms with E-state index in [1.807, 2.05) is 4.90 Å². The van der Waals surface area contributed by atoms with Crippen molar-refractivity contribution < 1.29 is 19.4 Å². The third-order valence-corrected chi connectivity index (χ3v) is 6.63. The maximum Gasteiger partial charge on any atom is 0.239 e. The van der Waals surface area contributed by atoms with Gasteiger partial charge in [-0.1, -0.05) is 11.6 Å². The number of hydrogen-bond acceptors (Lipinski definition) is 6. The van der Waals surface area contributed by atoms with Gasteiger partial charge in [-0.3, -0.25) is 14.5 Å². The predicted octanol–water partition coefficient (Wildman–Crippen LogP) is 3.10. The Morgan fingerprint density at radius 2 is 2.10 bits per heavy atom.